The van der Waals surface area contributed by atoms with E-state index < -0.39 is 17.7 Å². The molecule has 1 fully saturated rings. The van der Waals surface area contributed by atoms with Crippen LogP contribution in [0.5, 0.6) is 11.5 Å². The summed E-state index contributed by atoms with van der Waals surface area (Å²) in [4.78, 5) is 24.5. The van der Waals surface area contributed by atoms with Crippen molar-refractivity contribution in [1.29, 1.82) is 0 Å². The molecule has 1 saturated heterocycles. The maximum absolute atomic E-state index is 12.2. The number of carbonyl (C=O) groups excluding carboxylic acids is 2. The van der Waals surface area contributed by atoms with Crippen molar-refractivity contribution in [3.05, 3.63) is 47.8 Å². The Hall–Kier alpha value is -3.22. The van der Waals surface area contributed by atoms with E-state index in [0.29, 0.717) is 30.3 Å². The lowest BCUT2D eigenvalue weighted by Gasteiger charge is -2.29. The number of carbonyl (C=O) groups is 2. The van der Waals surface area contributed by atoms with Gasteiger partial charge in [-0.15, -0.1) is 0 Å². The van der Waals surface area contributed by atoms with Gasteiger partial charge in [-0.2, -0.15) is 0 Å². The highest BCUT2D eigenvalue weighted by molar-refractivity contribution is 6.18. The van der Waals surface area contributed by atoms with Gasteiger partial charge >= 0.3 is 11.9 Å². The van der Waals surface area contributed by atoms with E-state index in [-0.39, 0.29) is 5.57 Å². The molecule has 1 aromatic carbocycles. The average molecular weight is 385 g/mol. The number of hydrogen-bond acceptors (Lipinski definition) is 6. The molecular formula is C21H23NO6. The van der Waals surface area contributed by atoms with Gasteiger partial charge in [0.1, 0.15) is 22.8 Å². The number of esters is 2. The summed E-state index contributed by atoms with van der Waals surface area (Å²) in [6.07, 6.45) is 5.19. The molecular weight excluding hydrogens is 362 g/mol. The fraction of sp³-hybridized carbons (Fsp3) is 0.333. The van der Waals surface area contributed by atoms with E-state index in [9.17, 15) is 9.59 Å². The van der Waals surface area contributed by atoms with Crippen LogP contribution in [-0.4, -0.2) is 35.5 Å². The topological polar surface area (TPSA) is 76.0 Å². The zero-order valence-electron chi connectivity index (χ0n) is 16.4. The Kier molecular flexibility index (Phi) is 5.44. The van der Waals surface area contributed by atoms with Gasteiger partial charge in [-0.25, -0.2) is 9.59 Å². The molecule has 0 atom stereocenters. The van der Waals surface area contributed by atoms with Crippen molar-refractivity contribution in [2.45, 2.75) is 33.5 Å². The summed E-state index contributed by atoms with van der Waals surface area (Å²) in [5, 5.41) is 0. The van der Waals surface area contributed by atoms with Gasteiger partial charge in [-0.3, -0.25) is 0 Å². The Morgan fingerprint density at radius 1 is 0.964 bits per heavy atom. The lowest BCUT2D eigenvalue weighted by Crippen LogP contribution is -2.41. The van der Waals surface area contributed by atoms with Crippen LogP contribution in [0.2, 0.25) is 0 Å². The molecule has 1 aromatic heterocycles. The van der Waals surface area contributed by atoms with Crippen molar-refractivity contribution in [2.24, 2.45) is 0 Å². The number of ether oxygens (including phenoxy) is 4. The standard InChI is InChI=1S/C21H23NO6/c1-5-25-16-12-14(11-15-19(23)27-21(3,4)28-20(15)24)13-17(26-6-2)18(16)22-9-7-8-10-22/h7-13H,5-6H2,1-4H3. The first-order valence-corrected chi connectivity index (χ1v) is 9.10. The Bertz CT molecular complexity index is 862. The van der Waals surface area contributed by atoms with Crippen molar-refractivity contribution < 1.29 is 28.5 Å². The van der Waals surface area contributed by atoms with Crippen LogP contribution in [0.25, 0.3) is 11.8 Å². The molecule has 7 nitrogen and oxygen atoms in total. The smallest absolute Gasteiger partial charge is 0.348 e. The van der Waals surface area contributed by atoms with E-state index in [0.717, 1.165) is 5.69 Å². The first-order valence-electron chi connectivity index (χ1n) is 9.10. The van der Waals surface area contributed by atoms with Gasteiger partial charge in [-0.05, 0) is 49.8 Å². The number of benzene rings is 1. The quantitative estimate of drug-likeness (QED) is 0.430. The summed E-state index contributed by atoms with van der Waals surface area (Å²) >= 11 is 0. The van der Waals surface area contributed by atoms with Gasteiger partial charge in [0, 0.05) is 26.2 Å². The van der Waals surface area contributed by atoms with E-state index in [1.807, 2.05) is 42.9 Å². The van der Waals surface area contributed by atoms with Crippen LogP contribution in [0.15, 0.2) is 42.2 Å². The molecule has 0 amide bonds. The van der Waals surface area contributed by atoms with Crippen LogP contribution >= 0.6 is 0 Å². The van der Waals surface area contributed by atoms with Crippen LogP contribution in [0.4, 0.5) is 0 Å². The summed E-state index contributed by atoms with van der Waals surface area (Å²) in [5.74, 6) is -1.61. The molecule has 28 heavy (non-hydrogen) atoms. The molecule has 0 spiro atoms. The number of nitrogens with zero attached hydrogens (tertiary/aromatic N) is 1. The fourth-order valence-electron chi connectivity index (χ4n) is 2.90. The summed E-state index contributed by atoms with van der Waals surface area (Å²) < 4.78 is 23.8. The fourth-order valence-corrected chi connectivity index (χ4v) is 2.90. The Balaban J connectivity index is 2.09. The van der Waals surface area contributed by atoms with E-state index >= 15 is 0 Å². The minimum absolute atomic E-state index is 0.182. The van der Waals surface area contributed by atoms with Gasteiger partial charge in [0.15, 0.2) is 0 Å². The molecule has 0 aliphatic carbocycles. The normalized spacial score (nSPS) is 15.6. The zero-order valence-corrected chi connectivity index (χ0v) is 16.4. The molecule has 3 rings (SSSR count). The molecule has 148 valence electrons. The van der Waals surface area contributed by atoms with Crippen molar-refractivity contribution in [3.8, 4) is 17.2 Å². The van der Waals surface area contributed by atoms with Gasteiger partial charge in [-0.1, -0.05) is 0 Å². The Morgan fingerprint density at radius 2 is 1.46 bits per heavy atom. The number of hydrogen-bond donors (Lipinski definition) is 0. The van der Waals surface area contributed by atoms with E-state index in [1.165, 1.54) is 19.9 Å². The van der Waals surface area contributed by atoms with Crippen molar-refractivity contribution in [1.82, 2.24) is 4.57 Å². The van der Waals surface area contributed by atoms with Crippen LogP contribution in [0, 0.1) is 0 Å². The molecule has 0 bridgehead atoms. The van der Waals surface area contributed by atoms with E-state index in [4.69, 9.17) is 18.9 Å². The van der Waals surface area contributed by atoms with E-state index in [2.05, 4.69) is 0 Å². The van der Waals surface area contributed by atoms with Gasteiger partial charge in [0.2, 0.25) is 0 Å². The van der Waals surface area contributed by atoms with E-state index in [1.54, 1.807) is 12.1 Å². The summed E-state index contributed by atoms with van der Waals surface area (Å²) in [7, 11) is 0. The maximum atomic E-state index is 12.2. The second-order valence-corrected chi connectivity index (χ2v) is 6.56. The lowest BCUT2D eigenvalue weighted by atomic mass is 10.1. The van der Waals surface area contributed by atoms with Gasteiger partial charge in [0.25, 0.3) is 5.79 Å². The molecule has 1 aliphatic heterocycles. The Morgan fingerprint density at radius 3 is 1.93 bits per heavy atom. The lowest BCUT2D eigenvalue weighted by molar-refractivity contribution is -0.222. The first kappa shape index (κ1) is 19.5. The van der Waals surface area contributed by atoms with Crippen LogP contribution in [0.1, 0.15) is 33.3 Å². The molecule has 1 aliphatic rings. The molecule has 2 aromatic rings. The van der Waals surface area contributed by atoms with Gasteiger partial charge in [0.05, 0.1) is 13.2 Å². The average Bonchev–Trinajstić information content (AvgIpc) is 3.12. The SMILES string of the molecule is CCOc1cc(C=C2C(=O)OC(C)(C)OC2=O)cc(OCC)c1-n1cccc1. The third kappa shape index (κ3) is 4.03. The van der Waals surface area contributed by atoms with Crippen LogP contribution in [0.3, 0.4) is 0 Å². The minimum atomic E-state index is -1.28. The van der Waals surface area contributed by atoms with Crippen molar-refractivity contribution >= 4 is 18.0 Å². The number of aromatic nitrogens is 1. The van der Waals surface area contributed by atoms with Gasteiger partial charge < -0.3 is 23.5 Å². The second kappa shape index (κ2) is 7.80. The highest BCUT2D eigenvalue weighted by Gasteiger charge is 2.38. The molecule has 7 heteroatoms. The largest absolute Gasteiger partial charge is 0.492 e. The molecule has 0 radical (unpaired) electrons. The number of rotatable bonds is 6. The van der Waals surface area contributed by atoms with Crippen LogP contribution < -0.4 is 9.47 Å². The summed E-state index contributed by atoms with van der Waals surface area (Å²) in [6.45, 7) is 7.65. The summed E-state index contributed by atoms with van der Waals surface area (Å²) in [5.41, 5.74) is 1.12. The molecule has 2 heterocycles. The Labute approximate surface area is 163 Å². The zero-order chi connectivity index (χ0) is 20.3. The molecule has 0 unspecified atom stereocenters. The minimum Gasteiger partial charge on any atom is -0.492 e. The summed E-state index contributed by atoms with van der Waals surface area (Å²) in [6, 6.07) is 7.29. The van der Waals surface area contributed by atoms with Crippen molar-refractivity contribution in [3.63, 3.8) is 0 Å². The predicted molar refractivity (Wildman–Crippen MR) is 102 cm³/mol. The van der Waals surface area contributed by atoms with Crippen LogP contribution in [-0.2, 0) is 19.1 Å². The maximum Gasteiger partial charge on any atom is 0.348 e. The second-order valence-electron chi connectivity index (χ2n) is 6.56. The third-order valence-electron chi connectivity index (χ3n) is 3.95. The molecule has 0 N–H and O–H groups in total. The predicted octanol–water partition coefficient (Wildman–Crippen LogP) is 3.49. The first-order chi connectivity index (χ1) is 13.3. The highest BCUT2D eigenvalue weighted by atomic mass is 16.7. The van der Waals surface area contributed by atoms with Crippen molar-refractivity contribution in [2.75, 3.05) is 13.2 Å². The monoisotopic (exact) mass is 385 g/mol. The third-order valence-corrected chi connectivity index (χ3v) is 3.95. The highest BCUT2D eigenvalue weighted by Crippen LogP contribution is 2.36. The molecule has 0 saturated carbocycles. The number of cyclic esters (lactones) is 2.